The molecule has 222 valence electrons. The summed E-state index contributed by atoms with van der Waals surface area (Å²) >= 11 is 1.26. The number of piperazine rings is 1. The number of nitrogens with zero attached hydrogens (tertiary/aromatic N) is 4. The summed E-state index contributed by atoms with van der Waals surface area (Å²) in [5, 5.41) is 14.6. The summed E-state index contributed by atoms with van der Waals surface area (Å²) < 4.78 is 5.44. The highest BCUT2D eigenvalue weighted by molar-refractivity contribution is 7.09. The number of ether oxygens (including phenoxy) is 1. The Hall–Kier alpha value is -2.73. The first-order valence-corrected chi connectivity index (χ1v) is 15.2. The molecule has 1 aliphatic carbocycles. The molecule has 12 heteroatoms. The van der Waals surface area contributed by atoms with E-state index in [1.165, 1.54) is 28.7 Å². The lowest BCUT2D eigenvalue weighted by Gasteiger charge is -2.45. The molecule has 2 aliphatic heterocycles. The fourth-order valence-electron chi connectivity index (χ4n) is 5.98. The standard InChI is InChI=1S/C28H43N5O6S/c1-17(31(5)27(38)39-28(2,3)4)23(34)30-22(18-10-7-6-8-11-18)25(35)33-14-19-12-9-13-32(19)15-21(33)24-29-20(16-40-24)26(36)37/h16-19,21-22H,6-15H2,1-5H3,(H,30,34)(H,36,37)/t17-,19+,21-,22-/m0/s1. The average molecular weight is 578 g/mol. The van der Waals surface area contributed by atoms with E-state index in [1.54, 1.807) is 27.7 Å². The van der Waals surface area contributed by atoms with Gasteiger partial charge >= 0.3 is 12.1 Å². The van der Waals surface area contributed by atoms with E-state index in [0.29, 0.717) is 18.1 Å². The first-order valence-electron chi connectivity index (χ1n) is 14.3. The number of rotatable bonds is 7. The smallest absolute Gasteiger partial charge is 0.410 e. The maximum absolute atomic E-state index is 14.4. The van der Waals surface area contributed by atoms with Crippen LogP contribution in [0.2, 0.25) is 0 Å². The quantitative estimate of drug-likeness (QED) is 0.503. The number of carboxylic acids is 1. The maximum atomic E-state index is 14.4. The number of carbonyl (C=O) groups excluding carboxylic acids is 3. The van der Waals surface area contributed by atoms with Crippen molar-refractivity contribution in [2.24, 2.45) is 5.92 Å². The second-order valence-electron chi connectivity index (χ2n) is 12.3. The van der Waals surface area contributed by atoms with Crippen molar-refractivity contribution in [1.29, 1.82) is 0 Å². The van der Waals surface area contributed by atoms with Crippen LogP contribution in [0.4, 0.5) is 4.79 Å². The topological polar surface area (TPSA) is 132 Å². The van der Waals surface area contributed by atoms with E-state index >= 15 is 0 Å². The van der Waals surface area contributed by atoms with E-state index in [9.17, 15) is 24.3 Å². The first-order chi connectivity index (χ1) is 18.9. The molecule has 0 unspecified atom stereocenters. The normalized spacial score (nSPS) is 23.7. The molecule has 0 spiro atoms. The molecule has 3 aliphatic rings. The predicted octanol–water partition coefficient (Wildman–Crippen LogP) is 3.51. The van der Waals surface area contributed by atoms with Gasteiger partial charge in [0.05, 0.1) is 6.04 Å². The summed E-state index contributed by atoms with van der Waals surface area (Å²) in [5.74, 6) is -1.67. The second-order valence-corrected chi connectivity index (χ2v) is 13.2. The van der Waals surface area contributed by atoms with Crippen LogP contribution in [-0.4, -0.2) is 99.1 Å². The number of likely N-dealkylation sites (N-methyl/N-ethyl adjacent to an activating group) is 1. The summed E-state index contributed by atoms with van der Waals surface area (Å²) in [4.78, 5) is 61.9. The zero-order valence-electron chi connectivity index (χ0n) is 24.2. The molecule has 3 heterocycles. The molecule has 1 aromatic rings. The highest BCUT2D eigenvalue weighted by Crippen LogP contribution is 2.36. The molecule has 40 heavy (non-hydrogen) atoms. The highest BCUT2D eigenvalue weighted by Gasteiger charge is 2.44. The minimum Gasteiger partial charge on any atom is -0.476 e. The van der Waals surface area contributed by atoms with Crippen LogP contribution in [0.5, 0.6) is 0 Å². The number of amides is 3. The minimum absolute atomic E-state index is 0.0163. The van der Waals surface area contributed by atoms with Gasteiger partial charge in [0.1, 0.15) is 22.7 Å². The van der Waals surface area contributed by atoms with Gasteiger partial charge in [-0.15, -0.1) is 11.3 Å². The summed E-state index contributed by atoms with van der Waals surface area (Å²) in [6.45, 7) is 8.98. The van der Waals surface area contributed by atoms with Crippen molar-refractivity contribution in [1.82, 2.24) is 25.0 Å². The number of hydrogen-bond donors (Lipinski definition) is 2. The van der Waals surface area contributed by atoms with E-state index in [-0.39, 0.29) is 29.6 Å². The Morgan fingerprint density at radius 3 is 2.45 bits per heavy atom. The largest absolute Gasteiger partial charge is 0.476 e. The SMILES string of the molecule is C[C@@H](C(=O)N[C@H](C(=O)N1C[C@H]2CCCN2C[C@H]1c1nc(C(=O)O)cs1)C1CCCCC1)N(C)C(=O)OC(C)(C)C. The number of fused-ring (bicyclic) bond motifs is 1. The molecular formula is C28H43N5O6S. The van der Waals surface area contributed by atoms with Gasteiger partial charge in [-0.05, 0) is 65.8 Å². The number of nitrogens with one attached hydrogen (secondary N) is 1. The third kappa shape index (κ3) is 6.94. The van der Waals surface area contributed by atoms with Gasteiger partial charge in [-0.1, -0.05) is 19.3 Å². The number of carboxylic acid groups (broad SMARTS) is 1. The number of thiazole rings is 1. The molecule has 0 bridgehead atoms. The van der Waals surface area contributed by atoms with Gasteiger partial charge in [0, 0.05) is 31.6 Å². The lowest BCUT2D eigenvalue weighted by molar-refractivity contribution is -0.144. The summed E-state index contributed by atoms with van der Waals surface area (Å²) in [7, 11) is 1.52. The van der Waals surface area contributed by atoms with E-state index in [1.807, 2.05) is 4.90 Å². The zero-order valence-corrected chi connectivity index (χ0v) is 25.0. The third-order valence-corrected chi connectivity index (χ3v) is 9.27. The maximum Gasteiger partial charge on any atom is 0.410 e. The second kappa shape index (κ2) is 12.4. The molecule has 2 saturated heterocycles. The van der Waals surface area contributed by atoms with Crippen molar-refractivity contribution in [3.05, 3.63) is 16.1 Å². The Morgan fingerprint density at radius 2 is 1.82 bits per heavy atom. The van der Waals surface area contributed by atoms with Crippen molar-refractivity contribution in [3.8, 4) is 0 Å². The Balaban J connectivity index is 1.58. The molecule has 4 atom stereocenters. The summed E-state index contributed by atoms with van der Waals surface area (Å²) in [6, 6.07) is -1.73. The first kappa shape index (κ1) is 30.2. The molecule has 1 saturated carbocycles. The van der Waals surface area contributed by atoms with Crippen LogP contribution < -0.4 is 5.32 Å². The summed E-state index contributed by atoms with van der Waals surface area (Å²) in [6.07, 6.45) is 6.19. The zero-order chi connectivity index (χ0) is 29.2. The lowest BCUT2D eigenvalue weighted by atomic mass is 9.82. The van der Waals surface area contributed by atoms with Gasteiger partial charge in [-0.2, -0.15) is 0 Å². The molecule has 3 fully saturated rings. The Labute approximate surface area is 240 Å². The number of hydrogen-bond acceptors (Lipinski definition) is 8. The van der Waals surface area contributed by atoms with Gasteiger partial charge in [-0.3, -0.25) is 19.4 Å². The van der Waals surface area contributed by atoms with Crippen LogP contribution >= 0.6 is 11.3 Å². The fraction of sp³-hybridized carbons (Fsp3) is 0.750. The Morgan fingerprint density at radius 1 is 1.12 bits per heavy atom. The molecule has 2 N–H and O–H groups in total. The predicted molar refractivity (Wildman–Crippen MR) is 150 cm³/mol. The van der Waals surface area contributed by atoms with Crippen molar-refractivity contribution < 1.29 is 29.0 Å². The average Bonchev–Trinajstić information content (AvgIpc) is 3.59. The third-order valence-electron chi connectivity index (χ3n) is 8.33. The van der Waals surface area contributed by atoms with Gasteiger partial charge in [0.15, 0.2) is 5.69 Å². The minimum atomic E-state index is -1.09. The van der Waals surface area contributed by atoms with Crippen LogP contribution in [-0.2, 0) is 14.3 Å². The van der Waals surface area contributed by atoms with Crippen LogP contribution in [0.15, 0.2) is 5.38 Å². The fourth-order valence-corrected chi connectivity index (χ4v) is 6.88. The van der Waals surface area contributed by atoms with Crippen LogP contribution in [0.1, 0.15) is 94.2 Å². The van der Waals surface area contributed by atoms with Crippen molar-refractivity contribution in [2.45, 2.75) is 102 Å². The molecule has 0 aromatic carbocycles. The molecule has 4 rings (SSSR count). The van der Waals surface area contributed by atoms with Crippen LogP contribution in [0, 0.1) is 5.92 Å². The van der Waals surface area contributed by atoms with E-state index in [0.717, 1.165) is 51.5 Å². The van der Waals surface area contributed by atoms with Crippen molar-refractivity contribution in [3.63, 3.8) is 0 Å². The monoisotopic (exact) mass is 577 g/mol. The molecular weight excluding hydrogens is 534 g/mol. The molecule has 3 amide bonds. The number of carbonyl (C=O) groups is 4. The molecule has 11 nitrogen and oxygen atoms in total. The highest BCUT2D eigenvalue weighted by atomic mass is 32.1. The number of aromatic nitrogens is 1. The van der Waals surface area contributed by atoms with Gasteiger partial charge in [0.25, 0.3) is 0 Å². The van der Waals surface area contributed by atoms with Crippen molar-refractivity contribution in [2.75, 3.05) is 26.7 Å². The summed E-state index contributed by atoms with van der Waals surface area (Å²) in [5.41, 5.74) is -0.720. The lowest BCUT2D eigenvalue weighted by Crippen LogP contribution is -2.61. The van der Waals surface area contributed by atoms with Gasteiger partial charge < -0.3 is 20.1 Å². The Kier molecular flexibility index (Phi) is 9.39. The van der Waals surface area contributed by atoms with Gasteiger partial charge in [0.2, 0.25) is 11.8 Å². The van der Waals surface area contributed by atoms with Crippen LogP contribution in [0.3, 0.4) is 0 Å². The number of aromatic carboxylic acids is 1. The van der Waals surface area contributed by atoms with Gasteiger partial charge in [-0.25, -0.2) is 14.6 Å². The van der Waals surface area contributed by atoms with E-state index < -0.39 is 35.7 Å². The van der Waals surface area contributed by atoms with Crippen LogP contribution in [0.25, 0.3) is 0 Å². The van der Waals surface area contributed by atoms with E-state index in [2.05, 4.69) is 15.2 Å². The molecule has 1 aromatic heterocycles. The van der Waals surface area contributed by atoms with E-state index in [4.69, 9.17) is 4.74 Å². The van der Waals surface area contributed by atoms with Crippen molar-refractivity contribution >= 4 is 35.2 Å². The molecule has 0 radical (unpaired) electrons. The Bertz CT molecular complexity index is 1100.